The number of aromatic nitrogens is 2. The Balaban J connectivity index is 1.22. The zero-order chi connectivity index (χ0) is 32.9. The molecule has 1 aliphatic rings. The quantitative estimate of drug-likeness (QED) is 0.182. The van der Waals surface area contributed by atoms with Crippen LogP contribution in [0.15, 0.2) is 164 Å². The van der Waals surface area contributed by atoms with Gasteiger partial charge in [-0.3, -0.25) is 4.57 Å². The predicted molar refractivity (Wildman–Crippen MR) is 205 cm³/mol. The van der Waals surface area contributed by atoms with E-state index in [9.17, 15) is 0 Å². The maximum absolute atomic E-state index is 4.95. The van der Waals surface area contributed by atoms with Gasteiger partial charge in [0.2, 0.25) is 0 Å². The van der Waals surface area contributed by atoms with E-state index in [-0.39, 0.29) is 0 Å². The highest BCUT2D eigenvalue weighted by molar-refractivity contribution is 6.10. The van der Waals surface area contributed by atoms with E-state index in [0.29, 0.717) is 0 Å². The molecule has 236 valence electrons. The highest BCUT2D eigenvalue weighted by Crippen LogP contribution is 2.43. The van der Waals surface area contributed by atoms with Gasteiger partial charge in [-0.15, -0.1) is 0 Å². The number of pyridine rings is 1. The van der Waals surface area contributed by atoms with Crippen molar-refractivity contribution in [2.75, 3.05) is 28.4 Å². The lowest BCUT2D eigenvalue weighted by molar-refractivity contribution is 0.949. The van der Waals surface area contributed by atoms with Crippen molar-refractivity contribution in [3.8, 4) is 16.9 Å². The monoisotopic (exact) mass is 633 g/mol. The molecule has 0 amide bonds. The molecule has 49 heavy (non-hydrogen) atoms. The maximum Gasteiger partial charge on any atom is 0.138 e. The molecule has 0 unspecified atom stereocenters. The molecule has 2 aromatic heterocycles. The second kappa shape index (κ2) is 11.7. The minimum absolute atomic E-state index is 0.800. The molecular formula is C44H35N5. The van der Waals surface area contributed by atoms with Crippen molar-refractivity contribution < 1.29 is 0 Å². The van der Waals surface area contributed by atoms with Gasteiger partial charge >= 0.3 is 0 Å². The third-order valence-corrected chi connectivity index (χ3v) is 9.70. The van der Waals surface area contributed by atoms with Crippen molar-refractivity contribution in [1.29, 1.82) is 0 Å². The van der Waals surface area contributed by atoms with E-state index in [1.807, 2.05) is 6.20 Å². The summed E-state index contributed by atoms with van der Waals surface area (Å²) in [5.41, 5.74) is 12.8. The van der Waals surface area contributed by atoms with Gasteiger partial charge in [-0.2, -0.15) is 0 Å². The Morgan fingerprint density at radius 3 is 2.16 bits per heavy atom. The Bertz CT molecular complexity index is 2480. The molecule has 1 aliphatic heterocycles. The van der Waals surface area contributed by atoms with E-state index in [1.165, 1.54) is 33.3 Å². The van der Waals surface area contributed by atoms with Crippen LogP contribution in [0.5, 0.6) is 0 Å². The van der Waals surface area contributed by atoms with E-state index in [1.54, 1.807) is 0 Å². The lowest BCUT2D eigenvalue weighted by Gasteiger charge is -2.27. The first-order chi connectivity index (χ1) is 24.1. The molecule has 0 aliphatic carbocycles. The number of benzene rings is 6. The number of fused-ring (bicyclic) bond motifs is 4. The first-order valence-electron chi connectivity index (χ1n) is 16.7. The molecule has 3 heterocycles. The van der Waals surface area contributed by atoms with Crippen LogP contribution in [0, 0.1) is 6.92 Å². The Morgan fingerprint density at radius 1 is 0.571 bits per heavy atom. The molecule has 0 bridgehead atoms. The van der Waals surface area contributed by atoms with E-state index in [0.717, 1.165) is 51.8 Å². The van der Waals surface area contributed by atoms with Crippen LogP contribution in [0.3, 0.4) is 0 Å². The molecular weight excluding hydrogens is 599 g/mol. The summed E-state index contributed by atoms with van der Waals surface area (Å²) in [6.45, 7) is 2.96. The molecule has 8 aromatic rings. The minimum atomic E-state index is 0.800. The average Bonchev–Trinajstić information content (AvgIpc) is 3.67. The highest BCUT2D eigenvalue weighted by Gasteiger charge is 2.25. The fourth-order valence-electron chi connectivity index (χ4n) is 7.37. The summed E-state index contributed by atoms with van der Waals surface area (Å²) in [5, 5.41) is 2.40. The van der Waals surface area contributed by atoms with E-state index >= 15 is 0 Å². The van der Waals surface area contributed by atoms with Crippen molar-refractivity contribution >= 4 is 55.9 Å². The Labute approximate surface area is 286 Å². The van der Waals surface area contributed by atoms with Crippen molar-refractivity contribution in [2.45, 2.75) is 6.92 Å². The second-order valence-electron chi connectivity index (χ2n) is 12.7. The molecule has 0 fully saturated rings. The van der Waals surface area contributed by atoms with Gasteiger partial charge in [-0.05, 0) is 96.4 Å². The second-order valence-corrected chi connectivity index (χ2v) is 12.7. The van der Waals surface area contributed by atoms with Crippen molar-refractivity contribution in [3.63, 3.8) is 0 Å². The van der Waals surface area contributed by atoms with Gasteiger partial charge in [0.15, 0.2) is 0 Å². The van der Waals surface area contributed by atoms with E-state index in [4.69, 9.17) is 4.98 Å². The first kappa shape index (κ1) is 28.9. The van der Waals surface area contributed by atoms with Gasteiger partial charge in [-0.25, -0.2) is 4.98 Å². The standard InChI is InChI=1S/C44H35N5/c1-31-13-6-7-18-37(31)32-25-26-45-44(27-32)49-40-20-9-8-19-38(40)39-24-23-36(29-43(39)49)48(33-14-4-3-5-15-33)35-17-12-16-34(28-35)47-30-46(2)41-21-10-11-22-42(41)47/h3-29H,30H2,1-2H3. The van der Waals surface area contributed by atoms with Crippen LogP contribution in [0.4, 0.5) is 34.1 Å². The van der Waals surface area contributed by atoms with Gasteiger partial charge < -0.3 is 14.7 Å². The Hall–Kier alpha value is -6.33. The zero-order valence-electron chi connectivity index (χ0n) is 27.5. The van der Waals surface area contributed by atoms with Gasteiger partial charge in [0.05, 0.1) is 29.1 Å². The number of para-hydroxylation sites is 4. The molecule has 6 aromatic carbocycles. The van der Waals surface area contributed by atoms with Crippen molar-refractivity contribution in [2.24, 2.45) is 0 Å². The molecule has 9 rings (SSSR count). The summed E-state index contributed by atoms with van der Waals surface area (Å²) in [4.78, 5) is 12.0. The topological polar surface area (TPSA) is 27.5 Å². The predicted octanol–water partition coefficient (Wildman–Crippen LogP) is 11.2. The fraction of sp³-hybridized carbons (Fsp3) is 0.0682. The van der Waals surface area contributed by atoms with Crippen LogP contribution in [-0.4, -0.2) is 23.3 Å². The minimum Gasteiger partial charge on any atom is -0.355 e. The summed E-state index contributed by atoms with van der Waals surface area (Å²) in [6.07, 6.45) is 1.93. The SMILES string of the molecule is Cc1ccccc1-c1ccnc(-n2c3ccccc3c3ccc(N(c4ccccc4)c4cccc(N5CN(C)c6ccccc65)c4)cc32)c1. The van der Waals surface area contributed by atoms with Crippen LogP contribution in [0.2, 0.25) is 0 Å². The number of aryl methyl sites for hydroxylation is 1. The number of hydrogen-bond donors (Lipinski definition) is 0. The summed E-state index contributed by atoms with van der Waals surface area (Å²) in [7, 11) is 2.15. The van der Waals surface area contributed by atoms with Gasteiger partial charge in [0.25, 0.3) is 0 Å². The largest absolute Gasteiger partial charge is 0.355 e. The van der Waals surface area contributed by atoms with Crippen molar-refractivity contribution in [3.05, 3.63) is 169 Å². The molecule has 0 spiro atoms. The van der Waals surface area contributed by atoms with Gasteiger partial charge in [0, 0.05) is 46.8 Å². The number of hydrogen-bond acceptors (Lipinski definition) is 4. The van der Waals surface area contributed by atoms with Crippen molar-refractivity contribution in [1.82, 2.24) is 9.55 Å². The van der Waals surface area contributed by atoms with Gasteiger partial charge in [-0.1, -0.05) is 84.9 Å². The molecule has 0 radical (unpaired) electrons. The average molecular weight is 634 g/mol. The summed E-state index contributed by atoms with van der Waals surface area (Å²) < 4.78 is 2.31. The molecule has 0 atom stereocenters. The Kier molecular flexibility index (Phi) is 6.91. The Morgan fingerprint density at radius 2 is 1.29 bits per heavy atom. The van der Waals surface area contributed by atoms with Crippen LogP contribution < -0.4 is 14.7 Å². The summed E-state index contributed by atoms with van der Waals surface area (Å²) in [6, 6.07) is 56.4. The summed E-state index contributed by atoms with van der Waals surface area (Å²) >= 11 is 0. The zero-order valence-corrected chi connectivity index (χ0v) is 27.5. The maximum atomic E-state index is 4.95. The molecule has 5 nitrogen and oxygen atoms in total. The molecule has 0 saturated heterocycles. The van der Waals surface area contributed by atoms with Crippen LogP contribution >= 0.6 is 0 Å². The lowest BCUT2D eigenvalue weighted by Crippen LogP contribution is -2.24. The van der Waals surface area contributed by atoms with Crippen LogP contribution in [0.25, 0.3) is 38.8 Å². The lowest BCUT2D eigenvalue weighted by atomic mass is 10.0. The van der Waals surface area contributed by atoms with Crippen LogP contribution in [0.1, 0.15) is 5.56 Å². The van der Waals surface area contributed by atoms with Gasteiger partial charge in [0.1, 0.15) is 5.82 Å². The smallest absolute Gasteiger partial charge is 0.138 e. The first-order valence-corrected chi connectivity index (χ1v) is 16.7. The highest BCUT2D eigenvalue weighted by atomic mass is 15.4. The molecule has 0 N–H and O–H groups in total. The summed E-state index contributed by atoms with van der Waals surface area (Å²) in [5.74, 6) is 0.897. The number of rotatable bonds is 6. The third kappa shape index (κ3) is 4.90. The number of anilines is 6. The van der Waals surface area contributed by atoms with Crippen LogP contribution in [-0.2, 0) is 0 Å². The van der Waals surface area contributed by atoms with E-state index < -0.39 is 0 Å². The molecule has 0 saturated carbocycles. The number of nitrogens with zero attached hydrogens (tertiary/aromatic N) is 5. The third-order valence-electron chi connectivity index (χ3n) is 9.70. The fourth-order valence-corrected chi connectivity index (χ4v) is 7.37. The van der Waals surface area contributed by atoms with E-state index in [2.05, 4.69) is 191 Å². The normalized spacial score (nSPS) is 12.5. The molecule has 5 heteroatoms.